The summed E-state index contributed by atoms with van der Waals surface area (Å²) in [5.74, 6) is 0.0507. The van der Waals surface area contributed by atoms with Gasteiger partial charge in [0.25, 0.3) is 0 Å². The van der Waals surface area contributed by atoms with Gasteiger partial charge in [0.1, 0.15) is 0 Å². The maximum absolute atomic E-state index is 12.3. The molecule has 1 aliphatic heterocycles. The minimum Gasteiger partial charge on any atom is -0.347 e. The fourth-order valence-electron chi connectivity index (χ4n) is 2.90. The minimum atomic E-state index is -0.545. The van der Waals surface area contributed by atoms with Crippen LogP contribution in [0.4, 0.5) is 0 Å². The molecule has 3 nitrogen and oxygen atoms in total. The molecule has 1 atom stereocenters. The van der Waals surface area contributed by atoms with Crippen molar-refractivity contribution < 1.29 is 4.79 Å². The molecular formula is C16H22Cl2N2O. The van der Waals surface area contributed by atoms with E-state index in [-0.39, 0.29) is 5.91 Å². The number of nitrogens with one attached hydrogen (secondary N) is 1. The van der Waals surface area contributed by atoms with E-state index in [9.17, 15) is 4.79 Å². The Labute approximate surface area is 136 Å². The Kier molecular flexibility index (Phi) is 5.18. The number of nitrogens with zero attached hydrogens (tertiary/aromatic N) is 1. The van der Waals surface area contributed by atoms with E-state index in [1.165, 1.54) is 0 Å². The Morgan fingerprint density at radius 1 is 1.43 bits per heavy atom. The van der Waals surface area contributed by atoms with Gasteiger partial charge in [-0.15, -0.1) is 0 Å². The van der Waals surface area contributed by atoms with Crippen LogP contribution in [0.2, 0.25) is 10.0 Å². The first-order valence-electron chi connectivity index (χ1n) is 7.27. The average Bonchev–Trinajstić information content (AvgIpc) is 2.77. The number of likely N-dealkylation sites (tertiary alicyclic amines) is 1. The molecule has 0 spiro atoms. The first-order chi connectivity index (χ1) is 9.81. The third-order valence-electron chi connectivity index (χ3n) is 4.17. The molecule has 1 heterocycles. The highest BCUT2D eigenvalue weighted by Crippen LogP contribution is 2.33. The molecule has 5 heteroatoms. The first kappa shape index (κ1) is 16.6. The van der Waals surface area contributed by atoms with E-state index in [0.717, 1.165) is 24.9 Å². The van der Waals surface area contributed by atoms with Gasteiger partial charge in [-0.1, -0.05) is 35.3 Å². The highest BCUT2D eigenvalue weighted by Gasteiger charge is 2.29. The lowest BCUT2D eigenvalue weighted by atomic mass is 9.93. The van der Waals surface area contributed by atoms with E-state index >= 15 is 0 Å². The predicted molar refractivity (Wildman–Crippen MR) is 87.9 cm³/mol. The Balaban J connectivity index is 2.06. The van der Waals surface area contributed by atoms with Crippen molar-refractivity contribution in [2.24, 2.45) is 0 Å². The number of halogens is 2. The smallest absolute Gasteiger partial charge is 0.222 e. The van der Waals surface area contributed by atoms with Gasteiger partial charge in [0.2, 0.25) is 5.91 Å². The van der Waals surface area contributed by atoms with E-state index in [0.29, 0.717) is 22.5 Å². The van der Waals surface area contributed by atoms with Crippen molar-refractivity contribution >= 4 is 29.1 Å². The number of hydrogen-bond donors (Lipinski definition) is 1. The molecule has 1 aliphatic rings. The molecule has 0 radical (unpaired) electrons. The van der Waals surface area contributed by atoms with Crippen molar-refractivity contribution in [1.29, 1.82) is 0 Å². The highest BCUT2D eigenvalue weighted by atomic mass is 35.5. The summed E-state index contributed by atoms with van der Waals surface area (Å²) in [6, 6.07) is 5.84. The SMILES string of the molecule is CN1CCC[C@H]1CC(=O)NC(C)(C)c1cccc(Cl)c1Cl. The molecule has 0 aliphatic carbocycles. The van der Waals surface area contributed by atoms with Gasteiger partial charge in [0, 0.05) is 12.5 Å². The first-order valence-corrected chi connectivity index (χ1v) is 8.02. The van der Waals surface area contributed by atoms with Crippen LogP contribution in [0.5, 0.6) is 0 Å². The Morgan fingerprint density at radius 2 is 2.14 bits per heavy atom. The van der Waals surface area contributed by atoms with Gasteiger partial charge in [0.15, 0.2) is 0 Å². The molecule has 1 amide bonds. The molecule has 1 aromatic rings. The molecule has 116 valence electrons. The van der Waals surface area contributed by atoms with Gasteiger partial charge in [-0.25, -0.2) is 0 Å². The molecule has 0 aromatic heterocycles. The number of carbonyl (C=O) groups excluding carboxylic acids is 1. The highest BCUT2D eigenvalue weighted by molar-refractivity contribution is 6.42. The Hall–Kier alpha value is -0.770. The fraction of sp³-hybridized carbons (Fsp3) is 0.562. The van der Waals surface area contributed by atoms with Crippen LogP contribution < -0.4 is 5.32 Å². The third kappa shape index (κ3) is 3.91. The van der Waals surface area contributed by atoms with Gasteiger partial charge in [-0.05, 0) is 51.9 Å². The lowest BCUT2D eigenvalue weighted by Gasteiger charge is -2.29. The summed E-state index contributed by atoms with van der Waals surface area (Å²) in [5, 5.41) is 4.09. The van der Waals surface area contributed by atoms with Crippen LogP contribution in [0.1, 0.15) is 38.7 Å². The van der Waals surface area contributed by atoms with Crippen molar-refractivity contribution in [3.05, 3.63) is 33.8 Å². The largest absolute Gasteiger partial charge is 0.347 e. The lowest BCUT2D eigenvalue weighted by molar-refractivity contribution is -0.123. The second-order valence-corrected chi connectivity index (χ2v) is 7.04. The zero-order valence-electron chi connectivity index (χ0n) is 12.7. The predicted octanol–water partition coefficient (Wildman–Crippen LogP) is 3.83. The number of carbonyl (C=O) groups is 1. The van der Waals surface area contributed by atoms with Crippen LogP contribution in [0.25, 0.3) is 0 Å². The van der Waals surface area contributed by atoms with Crippen LogP contribution >= 0.6 is 23.2 Å². The summed E-state index contributed by atoms with van der Waals surface area (Å²) in [6.07, 6.45) is 2.78. The minimum absolute atomic E-state index is 0.0507. The Morgan fingerprint density at radius 3 is 2.76 bits per heavy atom. The van der Waals surface area contributed by atoms with Gasteiger partial charge >= 0.3 is 0 Å². The maximum atomic E-state index is 12.3. The summed E-state index contributed by atoms with van der Waals surface area (Å²) in [4.78, 5) is 14.6. The summed E-state index contributed by atoms with van der Waals surface area (Å²) in [7, 11) is 2.07. The number of amides is 1. The zero-order valence-corrected chi connectivity index (χ0v) is 14.3. The maximum Gasteiger partial charge on any atom is 0.222 e. The van der Waals surface area contributed by atoms with Crippen LogP contribution in [0, 0.1) is 0 Å². The molecule has 0 saturated carbocycles. The quantitative estimate of drug-likeness (QED) is 0.910. The van der Waals surface area contributed by atoms with Crippen molar-refractivity contribution in [2.75, 3.05) is 13.6 Å². The normalized spacial score (nSPS) is 19.8. The van der Waals surface area contributed by atoms with Gasteiger partial charge in [-0.2, -0.15) is 0 Å². The summed E-state index contributed by atoms with van der Waals surface area (Å²) in [6.45, 7) is 4.96. The monoisotopic (exact) mass is 328 g/mol. The fourth-order valence-corrected chi connectivity index (χ4v) is 3.44. The molecule has 1 aromatic carbocycles. The van der Waals surface area contributed by atoms with Gasteiger partial charge < -0.3 is 10.2 Å². The second-order valence-electron chi connectivity index (χ2n) is 6.26. The van der Waals surface area contributed by atoms with E-state index in [1.807, 2.05) is 26.0 Å². The molecular weight excluding hydrogens is 307 g/mol. The number of hydrogen-bond acceptors (Lipinski definition) is 2. The summed E-state index contributed by atoms with van der Waals surface area (Å²) < 4.78 is 0. The lowest BCUT2D eigenvalue weighted by Crippen LogP contribution is -2.43. The third-order valence-corrected chi connectivity index (χ3v) is 4.99. The van der Waals surface area contributed by atoms with E-state index < -0.39 is 5.54 Å². The molecule has 0 unspecified atom stereocenters. The number of rotatable bonds is 4. The summed E-state index contributed by atoms with van der Waals surface area (Å²) >= 11 is 12.3. The Bertz CT molecular complexity index is 531. The molecule has 0 bridgehead atoms. The van der Waals surface area contributed by atoms with E-state index in [1.54, 1.807) is 6.07 Å². The molecule has 1 N–H and O–H groups in total. The van der Waals surface area contributed by atoms with Crippen molar-refractivity contribution in [1.82, 2.24) is 10.2 Å². The molecule has 1 saturated heterocycles. The van der Waals surface area contributed by atoms with Gasteiger partial charge in [-0.3, -0.25) is 4.79 Å². The van der Waals surface area contributed by atoms with Gasteiger partial charge in [0.05, 0.1) is 15.6 Å². The number of benzene rings is 1. The van der Waals surface area contributed by atoms with Crippen molar-refractivity contribution in [3.63, 3.8) is 0 Å². The molecule has 2 rings (SSSR count). The molecule has 21 heavy (non-hydrogen) atoms. The van der Waals surface area contributed by atoms with Crippen LogP contribution in [-0.2, 0) is 10.3 Å². The topological polar surface area (TPSA) is 32.3 Å². The standard InChI is InChI=1S/C16H22Cl2N2O/c1-16(2,12-7-4-8-13(17)15(12)18)19-14(21)10-11-6-5-9-20(11)3/h4,7-8,11H,5-6,9-10H2,1-3H3,(H,19,21)/t11-/m0/s1. The average molecular weight is 329 g/mol. The summed E-state index contributed by atoms with van der Waals surface area (Å²) in [5.41, 5.74) is 0.292. The van der Waals surface area contributed by atoms with Crippen LogP contribution in [-0.4, -0.2) is 30.4 Å². The van der Waals surface area contributed by atoms with Crippen LogP contribution in [0.3, 0.4) is 0 Å². The van der Waals surface area contributed by atoms with Crippen molar-refractivity contribution in [3.8, 4) is 0 Å². The molecule has 1 fully saturated rings. The zero-order chi connectivity index (χ0) is 15.6. The second kappa shape index (κ2) is 6.55. The van der Waals surface area contributed by atoms with Crippen molar-refractivity contribution in [2.45, 2.75) is 44.7 Å². The van der Waals surface area contributed by atoms with E-state index in [2.05, 4.69) is 17.3 Å². The van der Waals surface area contributed by atoms with Crippen LogP contribution in [0.15, 0.2) is 18.2 Å². The van der Waals surface area contributed by atoms with E-state index in [4.69, 9.17) is 23.2 Å².